The van der Waals surface area contributed by atoms with Crippen LogP contribution in [0, 0.1) is 17.3 Å². The van der Waals surface area contributed by atoms with E-state index in [2.05, 4.69) is 42.2 Å². The highest BCUT2D eigenvalue weighted by Gasteiger charge is 2.54. The lowest BCUT2D eigenvalue weighted by Gasteiger charge is -2.48. The number of rotatable bonds is 3. The first-order chi connectivity index (χ1) is 14.0. The van der Waals surface area contributed by atoms with Gasteiger partial charge in [-0.05, 0) is 97.4 Å². The Morgan fingerprint density at radius 2 is 1.72 bits per heavy atom. The Kier molecular flexibility index (Phi) is 4.45. The van der Waals surface area contributed by atoms with Gasteiger partial charge in [0, 0.05) is 31.6 Å². The van der Waals surface area contributed by atoms with Crippen LogP contribution in [0.3, 0.4) is 0 Å². The Labute approximate surface area is 174 Å². The van der Waals surface area contributed by atoms with Gasteiger partial charge in [0.05, 0.1) is 0 Å². The summed E-state index contributed by atoms with van der Waals surface area (Å²) in [7, 11) is 4.09. The lowest BCUT2D eigenvalue weighted by Crippen LogP contribution is -2.42. The first-order valence-electron chi connectivity index (χ1n) is 11.1. The van der Waals surface area contributed by atoms with Gasteiger partial charge < -0.3 is 9.64 Å². The zero-order valence-electron chi connectivity index (χ0n) is 17.8. The maximum absolute atomic E-state index is 12.5. The van der Waals surface area contributed by atoms with Crippen LogP contribution in [0.1, 0.15) is 56.1 Å². The molecular weight excluding hydrogens is 358 g/mol. The fraction of sp³-hybridized carbons (Fsp3) is 0.500. The summed E-state index contributed by atoms with van der Waals surface area (Å²) in [5.41, 5.74) is 4.09. The second-order valence-corrected chi connectivity index (χ2v) is 9.68. The molecule has 5 rings (SSSR count). The third kappa shape index (κ3) is 3.06. The number of hydrogen-bond donors (Lipinski definition) is 0. The van der Waals surface area contributed by atoms with Crippen molar-refractivity contribution in [2.45, 2.75) is 51.4 Å². The van der Waals surface area contributed by atoms with E-state index >= 15 is 0 Å². The summed E-state index contributed by atoms with van der Waals surface area (Å²) in [6.45, 7) is 2.25. The summed E-state index contributed by atoms with van der Waals surface area (Å²) >= 11 is 0. The van der Waals surface area contributed by atoms with Gasteiger partial charge in [0.25, 0.3) is 0 Å². The minimum atomic E-state index is -0.0412. The van der Waals surface area contributed by atoms with Crippen LogP contribution in [0.4, 0.5) is 5.69 Å². The Balaban J connectivity index is 1.36. The highest BCUT2D eigenvalue weighted by molar-refractivity contribution is 5.87. The van der Waals surface area contributed by atoms with E-state index in [1.165, 1.54) is 23.2 Å². The maximum Gasteiger partial charge on any atom is 0.139 e. The second-order valence-electron chi connectivity index (χ2n) is 9.68. The molecule has 0 saturated heterocycles. The van der Waals surface area contributed by atoms with Crippen molar-refractivity contribution < 1.29 is 9.53 Å². The molecule has 4 atom stereocenters. The molecule has 3 aliphatic rings. The Morgan fingerprint density at radius 3 is 2.48 bits per heavy atom. The number of benzene rings is 2. The summed E-state index contributed by atoms with van der Waals surface area (Å²) in [6.07, 6.45) is 6.45. The van der Waals surface area contributed by atoms with Gasteiger partial charge in [0.1, 0.15) is 17.3 Å². The summed E-state index contributed by atoms with van der Waals surface area (Å²) in [5.74, 6) is 4.22. The fourth-order valence-corrected chi connectivity index (χ4v) is 6.34. The first-order valence-corrected chi connectivity index (χ1v) is 11.1. The molecule has 2 aromatic carbocycles. The molecule has 3 aliphatic carbocycles. The first kappa shape index (κ1) is 18.7. The lowest BCUT2D eigenvalue weighted by molar-refractivity contribution is -0.129. The Bertz CT molecular complexity index is 932. The van der Waals surface area contributed by atoms with Crippen molar-refractivity contribution in [3.63, 3.8) is 0 Å². The van der Waals surface area contributed by atoms with E-state index < -0.39 is 0 Å². The van der Waals surface area contributed by atoms with E-state index in [4.69, 9.17) is 4.74 Å². The van der Waals surface area contributed by atoms with Crippen LogP contribution in [-0.2, 0) is 11.2 Å². The minimum Gasteiger partial charge on any atom is -0.457 e. The van der Waals surface area contributed by atoms with Crippen LogP contribution in [0.5, 0.6) is 11.5 Å². The zero-order chi connectivity index (χ0) is 20.2. The number of fused-ring (bicyclic) bond motifs is 5. The number of aryl methyl sites for hydroxylation is 1. The topological polar surface area (TPSA) is 29.5 Å². The molecule has 0 aromatic heterocycles. The molecule has 0 unspecified atom stereocenters. The molecule has 0 amide bonds. The zero-order valence-corrected chi connectivity index (χ0v) is 17.8. The van der Waals surface area contributed by atoms with Crippen molar-refractivity contribution in [2.75, 3.05) is 19.0 Å². The largest absolute Gasteiger partial charge is 0.457 e. The second kappa shape index (κ2) is 6.90. The summed E-state index contributed by atoms with van der Waals surface area (Å²) in [5, 5.41) is 0. The van der Waals surface area contributed by atoms with Crippen LogP contribution >= 0.6 is 0 Å². The van der Waals surface area contributed by atoms with E-state index in [9.17, 15) is 4.79 Å². The molecule has 29 heavy (non-hydrogen) atoms. The van der Waals surface area contributed by atoms with E-state index in [1.807, 2.05) is 26.2 Å². The highest BCUT2D eigenvalue weighted by atomic mass is 16.5. The monoisotopic (exact) mass is 389 g/mol. The number of ketones is 1. The van der Waals surface area contributed by atoms with Crippen molar-refractivity contribution >= 4 is 11.5 Å². The predicted molar refractivity (Wildman–Crippen MR) is 117 cm³/mol. The van der Waals surface area contributed by atoms with Gasteiger partial charge in [-0.3, -0.25) is 4.79 Å². The van der Waals surface area contributed by atoms with E-state index in [1.54, 1.807) is 0 Å². The molecule has 0 heterocycles. The fourth-order valence-electron chi connectivity index (χ4n) is 6.34. The number of carbonyl (C=O) groups excluding carboxylic acids is 1. The van der Waals surface area contributed by atoms with Gasteiger partial charge >= 0.3 is 0 Å². The number of ether oxygens (including phenoxy) is 1. The van der Waals surface area contributed by atoms with E-state index in [0.29, 0.717) is 23.5 Å². The van der Waals surface area contributed by atoms with Crippen molar-refractivity contribution in [1.29, 1.82) is 0 Å². The van der Waals surface area contributed by atoms with Gasteiger partial charge in [-0.1, -0.05) is 13.0 Å². The molecule has 0 spiro atoms. The molecule has 2 saturated carbocycles. The lowest BCUT2D eigenvalue weighted by atomic mass is 9.55. The van der Waals surface area contributed by atoms with Gasteiger partial charge in [0.2, 0.25) is 0 Å². The smallest absolute Gasteiger partial charge is 0.139 e. The van der Waals surface area contributed by atoms with Gasteiger partial charge in [0.15, 0.2) is 0 Å². The molecule has 0 bridgehead atoms. The molecule has 3 heteroatoms. The third-order valence-electron chi connectivity index (χ3n) is 8.00. The van der Waals surface area contributed by atoms with Crippen LogP contribution < -0.4 is 9.64 Å². The Morgan fingerprint density at radius 1 is 0.966 bits per heavy atom. The number of Topliss-reactive ketones (excluding diaryl/α,β-unsaturated/α-hetero) is 1. The Hall–Kier alpha value is -2.29. The number of anilines is 1. The molecule has 0 aliphatic heterocycles. The molecule has 3 nitrogen and oxygen atoms in total. The maximum atomic E-state index is 12.5. The molecule has 2 aromatic rings. The minimum absolute atomic E-state index is 0.0412. The van der Waals surface area contributed by atoms with Crippen LogP contribution in [0.15, 0.2) is 42.5 Å². The summed E-state index contributed by atoms with van der Waals surface area (Å²) < 4.78 is 6.15. The van der Waals surface area contributed by atoms with Crippen molar-refractivity contribution in [3.8, 4) is 11.5 Å². The average molecular weight is 390 g/mol. The highest BCUT2D eigenvalue weighted by Crippen LogP contribution is 2.59. The van der Waals surface area contributed by atoms with Crippen LogP contribution in [0.25, 0.3) is 0 Å². The molecule has 0 radical (unpaired) electrons. The molecule has 0 N–H and O–H groups in total. The van der Waals surface area contributed by atoms with Crippen molar-refractivity contribution in [1.82, 2.24) is 0 Å². The number of hydrogen-bond acceptors (Lipinski definition) is 3. The summed E-state index contributed by atoms with van der Waals surface area (Å²) in [4.78, 5) is 14.6. The number of carbonyl (C=O) groups is 1. The van der Waals surface area contributed by atoms with E-state index in [-0.39, 0.29) is 5.41 Å². The average Bonchev–Trinajstić information content (AvgIpc) is 3.03. The molecular formula is C26H31NO2. The van der Waals surface area contributed by atoms with Crippen molar-refractivity contribution in [3.05, 3.63) is 53.6 Å². The van der Waals surface area contributed by atoms with Gasteiger partial charge in [-0.15, -0.1) is 0 Å². The van der Waals surface area contributed by atoms with Crippen molar-refractivity contribution in [2.24, 2.45) is 17.3 Å². The molecule has 2 fully saturated rings. The standard InChI is InChI=1S/C26H31NO2/c1-26-15-14-22-21-11-9-20(29-19-7-5-18(6-8-19)27(2)3)16-17(21)4-10-23(22)24(26)12-13-25(26)28/h5-9,11,16,22-24H,4,10,12-15H2,1-3H3/t22-,23+,24+,26-/m0/s1. The SMILES string of the molecule is CN(C)c1ccc(Oc2ccc3c(c2)CC[C@H]2[C@H]4CCC(=O)[C@@]4(C)CC[C@@H]32)cc1. The van der Waals surface area contributed by atoms with Gasteiger partial charge in [-0.2, -0.15) is 0 Å². The van der Waals surface area contributed by atoms with Gasteiger partial charge in [-0.25, -0.2) is 0 Å². The predicted octanol–water partition coefficient (Wildman–Crippen LogP) is 5.97. The quantitative estimate of drug-likeness (QED) is 0.648. The normalized spacial score (nSPS) is 30.3. The number of nitrogens with zero attached hydrogens (tertiary/aromatic N) is 1. The van der Waals surface area contributed by atoms with Crippen LogP contribution in [0.2, 0.25) is 0 Å². The third-order valence-corrected chi connectivity index (χ3v) is 8.00. The van der Waals surface area contributed by atoms with E-state index in [0.717, 1.165) is 43.6 Å². The molecule has 152 valence electrons. The van der Waals surface area contributed by atoms with Crippen LogP contribution in [-0.4, -0.2) is 19.9 Å². The summed E-state index contributed by atoms with van der Waals surface area (Å²) in [6, 6.07) is 14.9.